The smallest absolute Gasteiger partial charge is 0.372 e. The fourth-order valence-corrected chi connectivity index (χ4v) is 6.33. The van der Waals surface area contributed by atoms with Crippen molar-refractivity contribution in [2.75, 3.05) is 6.61 Å². The number of halogens is 4. The van der Waals surface area contributed by atoms with Crippen LogP contribution in [0.4, 0.5) is 13.2 Å². The Bertz CT molecular complexity index is 1250. The van der Waals surface area contributed by atoms with E-state index in [1.165, 1.54) is 6.07 Å². The minimum absolute atomic E-state index is 0.0957. The highest BCUT2D eigenvalue weighted by Gasteiger charge is 2.46. The van der Waals surface area contributed by atoms with E-state index < -0.39 is 32.4 Å². The number of hydrogen-bond donors (Lipinski definition) is 0. The normalized spacial score (nSPS) is 21.8. The highest BCUT2D eigenvalue weighted by molar-refractivity contribution is 9.10. The van der Waals surface area contributed by atoms with Gasteiger partial charge in [0.25, 0.3) is 0 Å². The molecule has 5 nitrogen and oxygen atoms in total. The Labute approximate surface area is 198 Å². The lowest BCUT2D eigenvalue weighted by atomic mass is 9.95. The fourth-order valence-electron chi connectivity index (χ4n) is 4.07. The molecule has 1 fully saturated rings. The van der Waals surface area contributed by atoms with Gasteiger partial charge in [-0.2, -0.15) is 18.3 Å². The summed E-state index contributed by atoms with van der Waals surface area (Å²) in [5.74, 6) is 0. The van der Waals surface area contributed by atoms with Gasteiger partial charge in [0.2, 0.25) is 0 Å². The summed E-state index contributed by atoms with van der Waals surface area (Å²) >= 11 is 3.38. The van der Waals surface area contributed by atoms with Gasteiger partial charge in [-0.3, -0.25) is 4.68 Å². The van der Waals surface area contributed by atoms with Crippen LogP contribution in [0.2, 0.25) is 0 Å². The lowest BCUT2D eigenvalue weighted by Gasteiger charge is -2.37. The maximum Gasteiger partial charge on any atom is 0.416 e. The van der Waals surface area contributed by atoms with Crippen molar-refractivity contribution in [2.24, 2.45) is 0 Å². The van der Waals surface area contributed by atoms with Gasteiger partial charge in [0.1, 0.15) is 10.7 Å². The van der Waals surface area contributed by atoms with E-state index in [2.05, 4.69) is 21.0 Å². The van der Waals surface area contributed by atoms with E-state index in [-0.39, 0.29) is 24.3 Å². The standard InChI is InChI=1S/C23H22BrF3N2O3S/c1-22(33(30,31)18-9-5-8-17(12-18)23(25,26)27)10-11-32-20(14-22)19-13-21(24)28-29(19)15-16-6-3-2-4-7-16/h2-9,12-13,20H,10-11,14-15H2,1H3. The number of benzene rings is 2. The predicted molar refractivity (Wildman–Crippen MR) is 120 cm³/mol. The third-order valence-corrected chi connectivity index (χ3v) is 8.90. The molecule has 0 saturated carbocycles. The number of hydrogen-bond acceptors (Lipinski definition) is 4. The van der Waals surface area contributed by atoms with Crippen LogP contribution in [0.5, 0.6) is 0 Å². The van der Waals surface area contributed by atoms with Crippen LogP contribution in [-0.4, -0.2) is 29.6 Å². The molecule has 0 radical (unpaired) electrons. The molecule has 10 heteroatoms. The summed E-state index contributed by atoms with van der Waals surface area (Å²) in [6.07, 6.45) is -4.93. The number of aromatic nitrogens is 2. The number of nitrogens with zero attached hydrogens (tertiary/aromatic N) is 2. The Kier molecular flexibility index (Phi) is 6.45. The molecule has 0 amide bonds. The van der Waals surface area contributed by atoms with Crippen molar-refractivity contribution in [1.82, 2.24) is 9.78 Å². The van der Waals surface area contributed by atoms with Gasteiger partial charge in [-0.25, -0.2) is 8.42 Å². The maximum atomic E-state index is 13.5. The molecule has 2 atom stereocenters. The quantitative estimate of drug-likeness (QED) is 0.409. The summed E-state index contributed by atoms with van der Waals surface area (Å²) in [7, 11) is -4.07. The Morgan fingerprint density at radius 1 is 1.15 bits per heavy atom. The van der Waals surface area contributed by atoms with Gasteiger partial charge in [-0.1, -0.05) is 36.4 Å². The zero-order valence-electron chi connectivity index (χ0n) is 17.7. The Balaban J connectivity index is 1.65. The first-order chi connectivity index (χ1) is 15.5. The van der Waals surface area contributed by atoms with Crippen molar-refractivity contribution in [1.29, 1.82) is 0 Å². The first kappa shape index (κ1) is 24.0. The second-order valence-corrected chi connectivity index (χ2v) is 11.6. The zero-order chi connectivity index (χ0) is 23.9. The summed E-state index contributed by atoms with van der Waals surface area (Å²) in [4.78, 5) is -0.334. The third-order valence-electron chi connectivity index (χ3n) is 5.97. The van der Waals surface area contributed by atoms with E-state index in [0.29, 0.717) is 22.9 Å². The van der Waals surface area contributed by atoms with E-state index in [0.717, 1.165) is 17.7 Å². The van der Waals surface area contributed by atoms with Crippen molar-refractivity contribution in [2.45, 2.75) is 48.2 Å². The molecule has 0 spiro atoms. The molecule has 1 aromatic heterocycles. The monoisotopic (exact) mass is 542 g/mol. The van der Waals surface area contributed by atoms with Gasteiger partial charge in [0.05, 0.1) is 27.4 Å². The van der Waals surface area contributed by atoms with Crippen LogP contribution in [0.25, 0.3) is 0 Å². The summed E-state index contributed by atoms with van der Waals surface area (Å²) in [5, 5.41) is 4.47. The number of alkyl halides is 3. The van der Waals surface area contributed by atoms with Crippen LogP contribution in [0.15, 0.2) is 70.2 Å². The molecule has 2 heterocycles. The van der Waals surface area contributed by atoms with Crippen LogP contribution >= 0.6 is 15.9 Å². The topological polar surface area (TPSA) is 61.2 Å². The summed E-state index contributed by atoms with van der Waals surface area (Å²) in [6, 6.07) is 15.4. The molecule has 1 saturated heterocycles. The van der Waals surface area contributed by atoms with Gasteiger partial charge in [-0.05, 0) is 65.5 Å². The highest BCUT2D eigenvalue weighted by atomic mass is 79.9. The molecule has 33 heavy (non-hydrogen) atoms. The molecular formula is C23H22BrF3N2O3S. The van der Waals surface area contributed by atoms with E-state index in [4.69, 9.17) is 4.74 Å². The molecular weight excluding hydrogens is 521 g/mol. The van der Waals surface area contributed by atoms with Crippen LogP contribution < -0.4 is 0 Å². The second-order valence-electron chi connectivity index (χ2n) is 8.33. The van der Waals surface area contributed by atoms with Crippen molar-refractivity contribution in [3.63, 3.8) is 0 Å². The van der Waals surface area contributed by atoms with Crippen molar-refractivity contribution in [3.05, 3.63) is 82.1 Å². The Morgan fingerprint density at radius 3 is 2.58 bits per heavy atom. The lowest BCUT2D eigenvalue weighted by molar-refractivity contribution is -0.137. The van der Waals surface area contributed by atoms with Crippen LogP contribution in [0.3, 0.4) is 0 Å². The third kappa shape index (κ3) is 4.88. The average Bonchev–Trinajstić information content (AvgIpc) is 3.14. The largest absolute Gasteiger partial charge is 0.416 e. The number of rotatable bonds is 5. The molecule has 4 rings (SSSR count). The van der Waals surface area contributed by atoms with Crippen molar-refractivity contribution in [3.8, 4) is 0 Å². The first-order valence-corrected chi connectivity index (χ1v) is 12.6. The molecule has 1 aliphatic rings. The Morgan fingerprint density at radius 2 is 1.88 bits per heavy atom. The SMILES string of the molecule is CC1(S(=O)(=O)c2cccc(C(F)(F)F)c2)CCOC(c2cc(Br)nn2Cc2ccccc2)C1. The predicted octanol–water partition coefficient (Wildman–Crippen LogP) is 5.80. The minimum atomic E-state index is -4.62. The van der Waals surface area contributed by atoms with Gasteiger partial charge in [0, 0.05) is 6.61 Å². The number of ether oxygens (including phenoxy) is 1. The minimum Gasteiger partial charge on any atom is -0.372 e. The van der Waals surface area contributed by atoms with E-state index >= 15 is 0 Å². The van der Waals surface area contributed by atoms with E-state index in [1.807, 2.05) is 30.3 Å². The average molecular weight is 543 g/mol. The van der Waals surface area contributed by atoms with E-state index in [1.54, 1.807) is 17.7 Å². The molecule has 0 aliphatic carbocycles. The van der Waals surface area contributed by atoms with Gasteiger partial charge in [0.15, 0.2) is 9.84 Å². The van der Waals surface area contributed by atoms with Crippen molar-refractivity contribution < 1.29 is 26.3 Å². The summed E-state index contributed by atoms with van der Waals surface area (Å²) in [6.45, 7) is 2.21. The molecule has 2 unspecified atom stereocenters. The fraction of sp³-hybridized carbons (Fsp3) is 0.348. The highest BCUT2D eigenvalue weighted by Crippen LogP contribution is 2.43. The van der Waals surface area contributed by atoms with Crippen LogP contribution in [0, 0.1) is 0 Å². The Hall–Kier alpha value is -2.17. The van der Waals surface area contributed by atoms with Gasteiger partial charge < -0.3 is 4.74 Å². The summed E-state index contributed by atoms with van der Waals surface area (Å²) in [5.41, 5.74) is 0.737. The molecule has 2 aromatic carbocycles. The van der Waals surface area contributed by atoms with Gasteiger partial charge >= 0.3 is 6.18 Å². The zero-order valence-corrected chi connectivity index (χ0v) is 20.1. The first-order valence-electron chi connectivity index (χ1n) is 10.3. The molecule has 3 aromatic rings. The van der Waals surface area contributed by atoms with E-state index in [9.17, 15) is 21.6 Å². The molecule has 0 N–H and O–H groups in total. The van der Waals surface area contributed by atoms with Gasteiger partial charge in [-0.15, -0.1) is 0 Å². The summed E-state index contributed by atoms with van der Waals surface area (Å²) < 4.78 is 73.5. The molecule has 176 valence electrons. The van der Waals surface area contributed by atoms with Crippen LogP contribution in [-0.2, 0) is 27.3 Å². The maximum absolute atomic E-state index is 13.5. The lowest BCUT2D eigenvalue weighted by Crippen LogP contribution is -2.42. The number of sulfone groups is 1. The molecule has 1 aliphatic heterocycles. The van der Waals surface area contributed by atoms with Crippen molar-refractivity contribution >= 4 is 25.8 Å². The molecule has 0 bridgehead atoms. The second kappa shape index (κ2) is 8.88. The van der Waals surface area contributed by atoms with Crippen LogP contribution in [0.1, 0.15) is 42.7 Å².